The van der Waals surface area contributed by atoms with Crippen LogP contribution in [-0.2, 0) is 11.3 Å². The summed E-state index contributed by atoms with van der Waals surface area (Å²) in [6.45, 7) is 2.52. The molecule has 0 aliphatic rings. The zero-order valence-corrected chi connectivity index (χ0v) is 13.8. The van der Waals surface area contributed by atoms with Gasteiger partial charge in [-0.3, -0.25) is 0 Å². The standard InChI is InChI=1S/C19H18N2O4/c1-2-23-19(22)21-13-12-20-18(21)25-17-10-8-16(9-11-17)24-14-15-6-4-3-5-7-15/h3-13H,2,14H2,1H3. The van der Waals surface area contributed by atoms with Gasteiger partial charge in [0.1, 0.15) is 18.1 Å². The average molecular weight is 338 g/mol. The van der Waals surface area contributed by atoms with Crippen LogP contribution in [0.3, 0.4) is 0 Å². The molecule has 25 heavy (non-hydrogen) atoms. The fourth-order valence-electron chi connectivity index (χ4n) is 2.15. The molecule has 128 valence electrons. The van der Waals surface area contributed by atoms with Gasteiger partial charge in [0.05, 0.1) is 6.61 Å². The summed E-state index contributed by atoms with van der Waals surface area (Å²) in [4.78, 5) is 15.8. The fraction of sp³-hybridized carbons (Fsp3) is 0.158. The van der Waals surface area contributed by atoms with Crippen molar-refractivity contribution in [2.45, 2.75) is 13.5 Å². The second-order valence-electron chi connectivity index (χ2n) is 5.13. The van der Waals surface area contributed by atoms with E-state index in [0.717, 1.165) is 11.3 Å². The van der Waals surface area contributed by atoms with Crippen LogP contribution in [-0.4, -0.2) is 22.3 Å². The number of hydrogen-bond donors (Lipinski definition) is 0. The third-order valence-electron chi connectivity index (χ3n) is 3.35. The number of hydrogen-bond acceptors (Lipinski definition) is 5. The molecule has 2 aromatic carbocycles. The summed E-state index contributed by atoms with van der Waals surface area (Å²) in [7, 11) is 0. The molecular formula is C19H18N2O4. The summed E-state index contributed by atoms with van der Waals surface area (Å²) in [5.74, 6) is 1.27. The fourth-order valence-corrected chi connectivity index (χ4v) is 2.15. The molecule has 1 heterocycles. The van der Waals surface area contributed by atoms with E-state index in [9.17, 15) is 4.79 Å². The van der Waals surface area contributed by atoms with Crippen molar-refractivity contribution in [1.82, 2.24) is 9.55 Å². The molecule has 0 aliphatic carbocycles. The molecule has 0 bridgehead atoms. The Kier molecular flexibility index (Phi) is 5.31. The second kappa shape index (κ2) is 8.01. The molecule has 0 spiro atoms. The van der Waals surface area contributed by atoms with Crippen molar-refractivity contribution in [1.29, 1.82) is 0 Å². The van der Waals surface area contributed by atoms with Crippen molar-refractivity contribution in [3.05, 3.63) is 72.6 Å². The maximum Gasteiger partial charge on any atom is 0.422 e. The Morgan fingerprint density at radius 2 is 1.76 bits per heavy atom. The number of rotatable bonds is 6. The molecule has 6 nitrogen and oxygen atoms in total. The Morgan fingerprint density at radius 3 is 2.48 bits per heavy atom. The summed E-state index contributed by atoms with van der Waals surface area (Å²) < 4.78 is 17.5. The number of carbonyl (C=O) groups excluding carboxylic acids is 1. The van der Waals surface area contributed by atoms with Gasteiger partial charge in [0.15, 0.2) is 0 Å². The van der Waals surface area contributed by atoms with Gasteiger partial charge in [0, 0.05) is 12.4 Å². The Balaban J connectivity index is 1.61. The molecule has 3 rings (SSSR count). The molecule has 0 aliphatic heterocycles. The van der Waals surface area contributed by atoms with Gasteiger partial charge in [-0.2, -0.15) is 0 Å². The summed E-state index contributed by atoms with van der Waals surface area (Å²) >= 11 is 0. The SMILES string of the molecule is CCOC(=O)n1ccnc1Oc1ccc(OCc2ccccc2)cc1. The Labute approximate surface area is 145 Å². The van der Waals surface area contributed by atoms with E-state index in [1.54, 1.807) is 31.2 Å². The number of ether oxygens (including phenoxy) is 3. The summed E-state index contributed by atoms with van der Waals surface area (Å²) in [5.41, 5.74) is 1.10. The zero-order chi connectivity index (χ0) is 17.5. The minimum absolute atomic E-state index is 0.149. The molecule has 0 N–H and O–H groups in total. The molecule has 0 saturated carbocycles. The topological polar surface area (TPSA) is 62.6 Å². The lowest BCUT2D eigenvalue weighted by molar-refractivity contribution is 0.151. The summed E-state index contributed by atoms with van der Waals surface area (Å²) in [6.07, 6.45) is 2.44. The highest BCUT2D eigenvalue weighted by Crippen LogP contribution is 2.23. The van der Waals surface area contributed by atoms with E-state index in [0.29, 0.717) is 12.4 Å². The molecule has 0 saturated heterocycles. The van der Waals surface area contributed by atoms with Crippen LogP contribution in [0.15, 0.2) is 67.0 Å². The third kappa shape index (κ3) is 4.38. The van der Waals surface area contributed by atoms with Gasteiger partial charge in [0.25, 0.3) is 0 Å². The molecule has 0 amide bonds. The van der Waals surface area contributed by atoms with Crippen LogP contribution in [0.1, 0.15) is 12.5 Å². The van der Waals surface area contributed by atoms with Crippen molar-refractivity contribution >= 4 is 6.09 Å². The summed E-state index contributed by atoms with van der Waals surface area (Å²) in [5, 5.41) is 0. The van der Waals surface area contributed by atoms with Crippen LogP contribution < -0.4 is 9.47 Å². The minimum Gasteiger partial charge on any atom is -0.489 e. The third-order valence-corrected chi connectivity index (χ3v) is 3.35. The van der Waals surface area contributed by atoms with Gasteiger partial charge in [-0.15, -0.1) is 0 Å². The second-order valence-corrected chi connectivity index (χ2v) is 5.13. The van der Waals surface area contributed by atoms with Crippen molar-refractivity contribution in [3.63, 3.8) is 0 Å². The molecule has 0 fully saturated rings. The van der Waals surface area contributed by atoms with Crippen molar-refractivity contribution < 1.29 is 19.0 Å². The van der Waals surface area contributed by atoms with Crippen LogP contribution in [0.25, 0.3) is 0 Å². The van der Waals surface area contributed by atoms with E-state index in [1.165, 1.54) is 17.0 Å². The average Bonchev–Trinajstić information content (AvgIpc) is 3.10. The molecule has 0 unspecified atom stereocenters. The van der Waals surface area contributed by atoms with Crippen molar-refractivity contribution in [3.8, 4) is 17.5 Å². The predicted octanol–water partition coefficient (Wildman–Crippen LogP) is 4.26. The van der Waals surface area contributed by atoms with Crippen molar-refractivity contribution in [2.24, 2.45) is 0 Å². The van der Waals surface area contributed by atoms with Gasteiger partial charge < -0.3 is 14.2 Å². The van der Waals surface area contributed by atoms with Gasteiger partial charge in [-0.05, 0) is 36.8 Å². The Hall–Kier alpha value is -3.28. The summed E-state index contributed by atoms with van der Waals surface area (Å²) in [6, 6.07) is 17.2. The number of benzene rings is 2. The van der Waals surface area contributed by atoms with Crippen LogP contribution in [0.2, 0.25) is 0 Å². The van der Waals surface area contributed by atoms with Gasteiger partial charge in [-0.1, -0.05) is 30.3 Å². The highest BCUT2D eigenvalue weighted by atomic mass is 16.6. The highest BCUT2D eigenvalue weighted by Gasteiger charge is 2.13. The normalized spacial score (nSPS) is 10.3. The van der Waals surface area contributed by atoms with E-state index in [2.05, 4.69) is 4.98 Å². The van der Waals surface area contributed by atoms with E-state index >= 15 is 0 Å². The van der Waals surface area contributed by atoms with E-state index in [-0.39, 0.29) is 12.6 Å². The van der Waals surface area contributed by atoms with E-state index in [4.69, 9.17) is 14.2 Å². The van der Waals surface area contributed by atoms with Gasteiger partial charge in [0.2, 0.25) is 0 Å². The van der Waals surface area contributed by atoms with Gasteiger partial charge >= 0.3 is 12.1 Å². The lowest BCUT2D eigenvalue weighted by atomic mass is 10.2. The Morgan fingerprint density at radius 1 is 1.04 bits per heavy atom. The smallest absolute Gasteiger partial charge is 0.422 e. The monoisotopic (exact) mass is 338 g/mol. The van der Waals surface area contributed by atoms with E-state index < -0.39 is 6.09 Å². The molecular weight excluding hydrogens is 320 g/mol. The van der Waals surface area contributed by atoms with Crippen LogP contribution >= 0.6 is 0 Å². The first-order chi connectivity index (χ1) is 12.3. The minimum atomic E-state index is -0.530. The predicted molar refractivity (Wildman–Crippen MR) is 91.9 cm³/mol. The van der Waals surface area contributed by atoms with Crippen molar-refractivity contribution in [2.75, 3.05) is 6.61 Å². The maximum atomic E-state index is 11.8. The number of aromatic nitrogens is 2. The first-order valence-corrected chi connectivity index (χ1v) is 7.91. The lowest BCUT2D eigenvalue weighted by Crippen LogP contribution is -2.13. The van der Waals surface area contributed by atoms with Crippen LogP contribution in [0.4, 0.5) is 4.79 Å². The Bertz CT molecular complexity index is 813. The highest BCUT2D eigenvalue weighted by molar-refractivity contribution is 5.71. The number of imidazole rings is 1. The van der Waals surface area contributed by atoms with Crippen LogP contribution in [0, 0.1) is 0 Å². The molecule has 1 aromatic heterocycles. The number of nitrogens with zero attached hydrogens (tertiary/aromatic N) is 2. The first kappa shape index (κ1) is 16.6. The van der Waals surface area contributed by atoms with Gasteiger partial charge in [-0.25, -0.2) is 14.3 Å². The number of carbonyl (C=O) groups is 1. The quantitative estimate of drug-likeness (QED) is 0.672. The maximum absolute atomic E-state index is 11.8. The largest absolute Gasteiger partial charge is 0.489 e. The molecule has 0 atom stereocenters. The molecule has 0 radical (unpaired) electrons. The lowest BCUT2D eigenvalue weighted by Gasteiger charge is -2.09. The van der Waals surface area contributed by atoms with Crippen LogP contribution in [0.5, 0.6) is 17.5 Å². The first-order valence-electron chi connectivity index (χ1n) is 7.91. The molecule has 6 heteroatoms. The van der Waals surface area contributed by atoms with E-state index in [1.807, 2.05) is 30.3 Å². The molecule has 3 aromatic rings. The zero-order valence-electron chi connectivity index (χ0n) is 13.8.